The summed E-state index contributed by atoms with van der Waals surface area (Å²) in [7, 11) is 4.81. The maximum Gasteiger partial charge on any atom is 0.253 e. The van der Waals surface area contributed by atoms with Crippen LogP contribution in [0.5, 0.6) is 17.2 Å². The van der Waals surface area contributed by atoms with Crippen molar-refractivity contribution >= 4 is 10.9 Å². The zero-order chi connectivity index (χ0) is 27.6. The van der Waals surface area contributed by atoms with Crippen molar-refractivity contribution in [3.8, 4) is 17.2 Å². The van der Waals surface area contributed by atoms with E-state index in [1.807, 2.05) is 42.5 Å². The molecule has 204 valence electrons. The summed E-state index contributed by atoms with van der Waals surface area (Å²) in [5.41, 5.74) is 4.58. The van der Waals surface area contributed by atoms with E-state index in [1.54, 1.807) is 32.1 Å². The summed E-state index contributed by atoms with van der Waals surface area (Å²) in [5, 5.41) is 13.7. The highest BCUT2D eigenvalue weighted by molar-refractivity contribution is 5.83. The molecule has 3 heterocycles. The fraction of sp³-hybridized carbons (Fsp3) is 0.267. The van der Waals surface area contributed by atoms with Gasteiger partial charge in [-0.3, -0.25) is 9.69 Å². The Morgan fingerprint density at radius 2 is 1.68 bits per heavy atom. The standard InChI is InChI=1S/C30H30N6O4/c1-38-23-10-8-19(9-11-23)17-36-29(32-33-34-36)28(35-13-12-20-6-4-5-7-21(20)18-35)24-14-22-15-26(39-2)27(40-3)16-25(22)31-30(24)37/h4-11,14-16,28H,12-13,17-18H2,1-3H3,(H,31,37). The molecule has 5 aromatic rings. The van der Waals surface area contributed by atoms with Crippen LogP contribution in [-0.4, -0.2) is 58.0 Å². The lowest BCUT2D eigenvalue weighted by Crippen LogP contribution is -2.38. The Morgan fingerprint density at radius 1 is 0.925 bits per heavy atom. The van der Waals surface area contributed by atoms with Crippen molar-refractivity contribution in [2.75, 3.05) is 27.9 Å². The van der Waals surface area contributed by atoms with Gasteiger partial charge in [-0.1, -0.05) is 36.4 Å². The highest BCUT2D eigenvalue weighted by atomic mass is 16.5. The fourth-order valence-corrected chi connectivity index (χ4v) is 5.41. The first-order valence-electron chi connectivity index (χ1n) is 13.1. The van der Waals surface area contributed by atoms with E-state index >= 15 is 0 Å². The zero-order valence-corrected chi connectivity index (χ0v) is 22.6. The highest BCUT2D eigenvalue weighted by Gasteiger charge is 2.32. The predicted octanol–water partition coefficient (Wildman–Crippen LogP) is 3.74. The third-order valence-electron chi connectivity index (χ3n) is 7.49. The Bertz CT molecular complexity index is 1710. The number of H-pyrrole nitrogens is 1. The number of pyridine rings is 1. The number of nitrogens with one attached hydrogen (secondary N) is 1. The summed E-state index contributed by atoms with van der Waals surface area (Å²) in [6.07, 6.45) is 0.864. The van der Waals surface area contributed by atoms with Gasteiger partial charge < -0.3 is 19.2 Å². The molecule has 0 spiro atoms. The van der Waals surface area contributed by atoms with Gasteiger partial charge in [-0.2, -0.15) is 0 Å². The van der Waals surface area contributed by atoms with Crippen molar-refractivity contribution in [3.05, 3.63) is 105 Å². The van der Waals surface area contributed by atoms with Crippen LogP contribution < -0.4 is 19.8 Å². The molecule has 0 bridgehead atoms. The van der Waals surface area contributed by atoms with Crippen LogP contribution in [0.25, 0.3) is 10.9 Å². The lowest BCUT2D eigenvalue weighted by Gasteiger charge is -2.34. The third-order valence-corrected chi connectivity index (χ3v) is 7.49. The summed E-state index contributed by atoms with van der Waals surface area (Å²) >= 11 is 0. The van der Waals surface area contributed by atoms with Gasteiger partial charge in [-0.25, -0.2) is 4.68 Å². The van der Waals surface area contributed by atoms with Gasteiger partial charge in [0.15, 0.2) is 17.3 Å². The average Bonchev–Trinajstić information content (AvgIpc) is 3.44. The molecule has 0 amide bonds. The van der Waals surface area contributed by atoms with Gasteiger partial charge in [0, 0.05) is 30.1 Å². The maximum absolute atomic E-state index is 13.7. The molecule has 10 heteroatoms. The molecule has 1 atom stereocenters. The van der Waals surface area contributed by atoms with Crippen LogP contribution in [0.4, 0.5) is 0 Å². The summed E-state index contributed by atoms with van der Waals surface area (Å²) in [4.78, 5) is 19.0. The van der Waals surface area contributed by atoms with Crippen LogP contribution in [0.15, 0.2) is 71.5 Å². The highest BCUT2D eigenvalue weighted by Crippen LogP contribution is 2.35. The SMILES string of the molecule is COc1ccc(Cn2nnnc2C(c2cc3cc(OC)c(OC)cc3[nH]c2=O)N2CCc3ccccc3C2)cc1. The van der Waals surface area contributed by atoms with E-state index in [9.17, 15) is 4.79 Å². The number of ether oxygens (including phenoxy) is 3. The lowest BCUT2D eigenvalue weighted by atomic mass is 9.96. The van der Waals surface area contributed by atoms with Gasteiger partial charge in [0.2, 0.25) is 0 Å². The van der Waals surface area contributed by atoms with E-state index in [1.165, 1.54) is 11.1 Å². The topological polar surface area (TPSA) is 107 Å². The second-order valence-electron chi connectivity index (χ2n) is 9.78. The van der Waals surface area contributed by atoms with Crippen LogP contribution in [0.1, 0.15) is 34.1 Å². The fourth-order valence-electron chi connectivity index (χ4n) is 5.41. The molecule has 1 aliphatic heterocycles. The van der Waals surface area contributed by atoms with E-state index < -0.39 is 6.04 Å². The molecule has 6 rings (SSSR count). The molecule has 1 aliphatic rings. The Hall–Kier alpha value is -4.70. The Balaban J connectivity index is 1.47. The van der Waals surface area contributed by atoms with Gasteiger partial charge in [-0.05, 0) is 57.8 Å². The van der Waals surface area contributed by atoms with Crippen LogP contribution >= 0.6 is 0 Å². The Kier molecular flexibility index (Phi) is 6.91. The van der Waals surface area contributed by atoms with Crippen molar-refractivity contribution in [1.82, 2.24) is 30.1 Å². The summed E-state index contributed by atoms with van der Waals surface area (Å²) in [6.45, 7) is 1.86. The van der Waals surface area contributed by atoms with Crippen molar-refractivity contribution in [2.24, 2.45) is 0 Å². The molecule has 10 nitrogen and oxygen atoms in total. The number of nitrogens with zero attached hydrogens (tertiary/aromatic N) is 5. The smallest absolute Gasteiger partial charge is 0.253 e. The molecule has 0 saturated heterocycles. The van der Waals surface area contributed by atoms with Crippen molar-refractivity contribution in [3.63, 3.8) is 0 Å². The predicted molar refractivity (Wildman–Crippen MR) is 150 cm³/mol. The molecule has 0 saturated carbocycles. The summed E-state index contributed by atoms with van der Waals surface area (Å²) < 4.78 is 18.0. The molecule has 0 aliphatic carbocycles. The first-order valence-corrected chi connectivity index (χ1v) is 13.1. The summed E-state index contributed by atoms with van der Waals surface area (Å²) in [5.74, 6) is 2.51. The number of benzene rings is 3. The zero-order valence-electron chi connectivity index (χ0n) is 22.6. The third kappa shape index (κ3) is 4.77. The Morgan fingerprint density at radius 3 is 2.42 bits per heavy atom. The molecule has 1 N–H and O–H groups in total. The van der Waals surface area contributed by atoms with Gasteiger partial charge >= 0.3 is 0 Å². The van der Waals surface area contributed by atoms with E-state index in [0.29, 0.717) is 41.5 Å². The molecule has 2 aromatic heterocycles. The van der Waals surface area contributed by atoms with Gasteiger partial charge in [0.05, 0.1) is 33.4 Å². The number of fused-ring (bicyclic) bond motifs is 2. The quantitative estimate of drug-likeness (QED) is 0.319. The molecular weight excluding hydrogens is 508 g/mol. The van der Waals surface area contributed by atoms with Crippen LogP contribution in [0.2, 0.25) is 0 Å². The number of tetrazole rings is 1. The molecule has 0 radical (unpaired) electrons. The average molecular weight is 539 g/mol. The largest absolute Gasteiger partial charge is 0.497 e. The lowest BCUT2D eigenvalue weighted by molar-refractivity contribution is 0.194. The van der Waals surface area contributed by atoms with Crippen LogP contribution in [0.3, 0.4) is 0 Å². The number of hydrogen-bond acceptors (Lipinski definition) is 8. The number of aromatic nitrogens is 5. The van der Waals surface area contributed by atoms with Crippen molar-refractivity contribution in [1.29, 1.82) is 0 Å². The van der Waals surface area contributed by atoms with Gasteiger partial charge in [-0.15, -0.1) is 5.10 Å². The minimum Gasteiger partial charge on any atom is -0.497 e. The number of hydrogen-bond donors (Lipinski definition) is 1. The number of aromatic amines is 1. The molecule has 1 unspecified atom stereocenters. The second kappa shape index (κ2) is 10.8. The van der Waals surface area contributed by atoms with Crippen molar-refractivity contribution < 1.29 is 14.2 Å². The van der Waals surface area contributed by atoms with Gasteiger partial charge in [0.25, 0.3) is 5.56 Å². The molecule has 3 aromatic carbocycles. The normalized spacial score (nSPS) is 14.1. The minimum absolute atomic E-state index is 0.206. The molecule has 40 heavy (non-hydrogen) atoms. The van der Waals surface area contributed by atoms with E-state index in [4.69, 9.17) is 14.2 Å². The first kappa shape index (κ1) is 25.6. The Labute approximate surface area is 231 Å². The van der Waals surface area contributed by atoms with Gasteiger partial charge in [0.1, 0.15) is 11.8 Å². The van der Waals surface area contributed by atoms with Crippen LogP contribution in [-0.2, 0) is 19.5 Å². The summed E-state index contributed by atoms with van der Waals surface area (Å²) in [6, 6.07) is 21.3. The molecular formula is C30H30N6O4. The monoisotopic (exact) mass is 538 g/mol. The van der Waals surface area contributed by atoms with E-state index in [0.717, 1.165) is 29.7 Å². The van der Waals surface area contributed by atoms with Crippen molar-refractivity contribution in [2.45, 2.75) is 25.6 Å². The number of rotatable bonds is 8. The van der Waals surface area contributed by atoms with E-state index in [-0.39, 0.29) is 5.56 Å². The number of methoxy groups -OCH3 is 3. The minimum atomic E-state index is -0.483. The second-order valence-corrected chi connectivity index (χ2v) is 9.78. The maximum atomic E-state index is 13.7. The van der Waals surface area contributed by atoms with E-state index in [2.05, 4.69) is 43.6 Å². The van der Waals surface area contributed by atoms with Crippen LogP contribution in [0, 0.1) is 0 Å². The molecule has 0 fully saturated rings. The first-order chi connectivity index (χ1) is 19.6.